The fourth-order valence-electron chi connectivity index (χ4n) is 0.149. The van der Waals surface area contributed by atoms with E-state index >= 15 is 0 Å². The molecule has 0 amide bonds. The summed E-state index contributed by atoms with van der Waals surface area (Å²) in [6, 6.07) is 0. The molecule has 0 aromatic carbocycles. The minimum Gasteiger partial charge on any atom is -0.219 e. The Labute approximate surface area is 46.0 Å². The summed E-state index contributed by atoms with van der Waals surface area (Å²) in [5.41, 5.74) is 2.02. The quantitative estimate of drug-likeness (QED) is 0.242. The first kappa shape index (κ1) is 6.90. The number of hydroxylamine groups is 1. The van der Waals surface area contributed by atoms with Crippen LogP contribution in [0.1, 0.15) is 0 Å². The smallest absolute Gasteiger partial charge is 0.219 e. The van der Waals surface area contributed by atoms with Gasteiger partial charge in [0.15, 0.2) is 0 Å². The summed E-state index contributed by atoms with van der Waals surface area (Å²) in [6.45, 7) is 3.56. The highest BCUT2D eigenvalue weighted by molar-refractivity contribution is 4.65. The highest BCUT2D eigenvalue weighted by atomic mass is 17.0. The van der Waals surface area contributed by atoms with E-state index in [0.29, 0.717) is 0 Å². The van der Waals surface area contributed by atoms with E-state index in [4.69, 9.17) is 0 Å². The van der Waals surface area contributed by atoms with E-state index in [9.17, 15) is 10.1 Å². The van der Waals surface area contributed by atoms with Crippen molar-refractivity contribution in [2.45, 2.75) is 0 Å². The van der Waals surface area contributed by atoms with Gasteiger partial charge in [-0.1, -0.05) is 6.08 Å². The minimum atomic E-state index is -0.927. The molecule has 5 heteroatoms. The van der Waals surface area contributed by atoms with Crippen LogP contribution in [0.5, 0.6) is 0 Å². The fourth-order valence-corrected chi connectivity index (χ4v) is 0.149. The molecule has 0 aromatic rings. The molecular weight excluding hydrogens is 112 g/mol. The van der Waals surface area contributed by atoms with Gasteiger partial charge in [0.05, 0.1) is 0 Å². The molecule has 0 atom stereocenters. The summed E-state index contributed by atoms with van der Waals surface area (Å²) in [4.78, 5) is 13.0. The van der Waals surface area contributed by atoms with Crippen molar-refractivity contribution >= 4 is 0 Å². The first-order valence-electron chi connectivity index (χ1n) is 1.92. The van der Waals surface area contributed by atoms with Crippen molar-refractivity contribution in [1.82, 2.24) is 5.48 Å². The summed E-state index contributed by atoms with van der Waals surface area (Å²) >= 11 is 0. The van der Waals surface area contributed by atoms with Crippen LogP contribution in [0.3, 0.4) is 0 Å². The van der Waals surface area contributed by atoms with E-state index in [1.165, 1.54) is 6.08 Å². The predicted octanol–water partition coefficient (Wildman–Crippen LogP) is -0.115. The van der Waals surface area contributed by atoms with Crippen molar-refractivity contribution in [2.75, 3.05) is 6.54 Å². The van der Waals surface area contributed by atoms with Crippen LogP contribution in [0.15, 0.2) is 12.7 Å². The second-order valence-corrected chi connectivity index (χ2v) is 0.952. The lowest BCUT2D eigenvalue weighted by Crippen LogP contribution is -2.18. The van der Waals surface area contributed by atoms with Gasteiger partial charge in [-0.25, -0.2) is 4.94 Å². The maximum absolute atomic E-state index is 9.36. The molecule has 0 spiro atoms. The third kappa shape index (κ3) is 4.90. The maximum Gasteiger partial charge on any atom is 0.311 e. The van der Waals surface area contributed by atoms with Gasteiger partial charge in [-0.15, -0.1) is 16.7 Å². The van der Waals surface area contributed by atoms with Crippen LogP contribution >= 0.6 is 0 Å². The van der Waals surface area contributed by atoms with Crippen LogP contribution in [0.2, 0.25) is 0 Å². The Morgan fingerprint density at radius 2 is 2.62 bits per heavy atom. The third-order valence-corrected chi connectivity index (χ3v) is 0.367. The number of nitrogens with zero attached hydrogens (tertiary/aromatic N) is 1. The third-order valence-electron chi connectivity index (χ3n) is 0.367. The first-order valence-corrected chi connectivity index (χ1v) is 1.92. The maximum atomic E-state index is 9.36. The molecule has 0 radical (unpaired) electrons. The normalized spacial score (nSPS) is 8.00. The fraction of sp³-hybridized carbons (Fsp3) is 0.333. The largest absolute Gasteiger partial charge is 0.311 e. The molecule has 8 heavy (non-hydrogen) atoms. The van der Waals surface area contributed by atoms with E-state index in [1.54, 1.807) is 0 Å². The van der Waals surface area contributed by atoms with Gasteiger partial charge in [0.2, 0.25) is 0 Å². The molecule has 0 heterocycles. The topological polar surface area (TPSA) is 64.4 Å². The zero-order valence-electron chi connectivity index (χ0n) is 4.16. The first-order chi connectivity index (χ1) is 3.77. The molecule has 0 unspecified atom stereocenters. The van der Waals surface area contributed by atoms with Crippen LogP contribution in [0, 0.1) is 10.1 Å². The van der Waals surface area contributed by atoms with Crippen LogP contribution in [-0.4, -0.2) is 11.6 Å². The number of hydrogen-bond acceptors (Lipinski definition) is 4. The van der Waals surface area contributed by atoms with Crippen molar-refractivity contribution in [2.24, 2.45) is 0 Å². The summed E-state index contributed by atoms with van der Waals surface area (Å²) < 4.78 is 0. The second-order valence-electron chi connectivity index (χ2n) is 0.952. The average molecular weight is 118 g/mol. The zero-order chi connectivity index (χ0) is 6.41. The van der Waals surface area contributed by atoms with Crippen molar-refractivity contribution < 1.29 is 10.0 Å². The van der Waals surface area contributed by atoms with Gasteiger partial charge in [-0.2, -0.15) is 5.48 Å². The molecule has 0 aromatic heterocycles. The Balaban J connectivity index is 2.93. The van der Waals surface area contributed by atoms with Crippen LogP contribution in [-0.2, 0) is 4.94 Å². The van der Waals surface area contributed by atoms with Crippen molar-refractivity contribution in [3.63, 3.8) is 0 Å². The summed E-state index contributed by atoms with van der Waals surface area (Å²) in [5, 5.41) is 8.43. The van der Waals surface area contributed by atoms with E-state index in [1.807, 2.05) is 5.48 Å². The van der Waals surface area contributed by atoms with Gasteiger partial charge >= 0.3 is 5.09 Å². The molecule has 0 saturated carbocycles. The molecule has 0 aliphatic carbocycles. The van der Waals surface area contributed by atoms with Gasteiger partial charge < -0.3 is 0 Å². The summed E-state index contributed by atoms with van der Waals surface area (Å²) in [6.07, 6.45) is 1.45. The monoisotopic (exact) mass is 118 g/mol. The molecule has 0 saturated heterocycles. The molecule has 0 bridgehead atoms. The zero-order valence-corrected chi connectivity index (χ0v) is 4.16. The lowest BCUT2D eigenvalue weighted by molar-refractivity contribution is -0.775. The Kier molecular flexibility index (Phi) is 3.51. The van der Waals surface area contributed by atoms with Gasteiger partial charge in [0.25, 0.3) is 0 Å². The highest BCUT2D eigenvalue weighted by Crippen LogP contribution is 1.65. The average Bonchev–Trinajstić information content (AvgIpc) is 1.66. The molecule has 0 rings (SSSR count). The summed E-state index contributed by atoms with van der Waals surface area (Å²) in [5.74, 6) is 0. The van der Waals surface area contributed by atoms with Gasteiger partial charge in [-0.05, 0) is 0 Å². The molecule has 0 fully saturated rings. The number of hydrogen-bond donors (Lipinski definition) is 1. The van der Waals surface area contributed by atoms with Crippen LogP contribution in [0.4, 0.5) is 0 Å². The van der Waals surface area contributed by atoms with Crippen molar-refractivity contribution in [1.29, 1.82) is 0 Å². The molecular formula is C3H6N2O3. The SMILES string of the molecule is C=CCNO[N+](=O)[O-]. The predicted molar refractivity (Wildman–Crippen MR) is 26.3 cm³/mol. The van der Waals surface area contributed by atoms with Crippen LogP contribution < -0.4 is 5.48 Å². The standard InChI is InChI=1S/C3H6N2O3/c1-2-3-4-8-5(6)7/h2,4H,1,3H2. The van der Waals surface area contributed by atoms with E-state index in [2.05, 4.69) is 11.5 Å². The van der Waals surface area contributed by atoms with Crippen LogP contribution in [0.25, 0.3) is 0 Å². The van der Waals surface area contributed by atoms with E-state index < -0.39 is 5.09 Å². The Bertz CT molecular complexity index is 92.5. The molecule has 0 aliphatic rings. The molecule has 46 valence electrons. The minimum absolute atomic E-state index is 0.265. The Hall–Kier alpha value is -1.10. The molecule has 0 aliphatic heterocycles. The Morgan fingerprint density at radius 1 is 2.00 bits per heavy atom. The van der Waals surface area contributed by atoms with Gasteiger partial charge in [0.1, 0.15) is 0 Å². The van der Waals surface area contributed by atoms with E-state index in [0.717, 1.165) is 0 Å². The lowest BCUT2D eigenvalue weighted by atomic mass is 10.7. The number of nitrogens with one attached hydrogen (secondary N) is 1. The summed E-state index contributed by atoms with van der Waals surface area (Å²) in [7, 11) is 0. The lowest BCUT2D eigenvalue weighted by Gasteiger charge is -1.92. The Morgan fingerprint density at radius 3 is 3.00 bits per heavy atom. The molecule has 1 N–H and O–H groups in total. The second kappa shape index (κ2) is 4.07. The van der Waals surface area contributed by atoms with Gasteiger partial charge in [-0.3, -0.25) is 0 Å². The number of rotatable bonds is 4. The van der Waals surface area contributed by atoms with Gasteiger partial charge in [0, 0.05) is 6.54 Å². The van der Waals surface area contributed by atoms with Crippen molar-refractivity contribution in [3.05, 3.63) is 22.8 Å². The van der Waals surface area contributed by atoms with Crippen molar-refractivity contribution in [3.8, 4) is 0 Å². The highest BCUT2D eigenvalue weighted by Gasteiger charge is 1.87. The molecule has 5 nitrogen and oxygen atoms in total. The van der Waals surface area contributed by atoms with E-state index in [-0.39, 0.29) is 6.54 Å².